The predicted octanol–water partition coefficient (Wildman–Crippen LogP) is 5.29. The van der Waals surface area contributed by atoms with Gasteiger partial charge in [0.05, 0.1) is 23.4 Å². The summed E-state index contributed by atoms with van der Waals surface area (Å²) in [6.45, 7) is 2.44. The predicted molar refractivity (Wildman–Crippen MR) is 98.7 cm³/mol. The Morgan fingerprint density at radius 3 is 3.00 bits per heavy atom. The summed E-state index contributed by atoms with van der Waals surface area (Å²) in [4.78, 5) is 18.4. The van der Waals surface area contributed by atoms with Gasteiger partial charge in [0.2, 0.25) is 0 Å². The van der Waals surface area contributed by atoms with Crippen LogP contribution >= 0.6 is 38.6 Å². The molecule has 118 valence electrons. The molecule has 2 aromatic heterocycles. The van der Waals surface area contributed by atoms with Crippen LogP contribution in [-0.2, 0) is 0 Å². The van der Waals surface area contributed by atoms with Crippen molar-refractivity contribution in [2.75, 3.05) is 11.9 Å². The lowest BCUT2D eigenvalue weighted by Gasteiger charge is -2.11. The molecule has 1 amide bonds. The third-order valence-electron chi connectivity index (χ3n) is 2.95. The van der Waals surface area contributed by atoms with Crippen LogP contribution in [0.1, 0.15) is 16.6 Å². The number of hydrogen-bond donors (Lipinski definition) is 1. The van der Waals surface area contributed by atoms with Crippen LogP contribution in [0.25, 0.3) is 9.88 Å². The second-order valence-electron chi connectivity index (χ2n) is 4.53. The molecule has 3 aromatic rings. The maximum atomic E-state index is 12.5. The van der Waals surface area contributed by atoms with Crippen LogP contribution in [0.4, 0.5) is 5.69 Å². The summed E-state index contributed by atoms with van der Waals surface area (Å²) >= 11 is 6.39. The summed E-state index contributed by atoms with van der Waals surface area (Å²) in [7, 11) is 0. The van der Waals surface area contributed by atoms with Gasteiger partial charge in [0.1, 0.15) is 15.6 Å². The fourth-order valence-corrected chi connectivity index (χ4v) is 3.93. The first-order valence-corrected chi connectivity index (χ1v) is 9.39. The van der Waals surface area contributed by atoms with Crippen molar-refractivity contribution in [1.82, 2.24) is 4.98 Å². The molecule has 0 atom stereocenters. The Morgan fingerprint density at radius 2 is 2.26 bits per heavy atom. The number of aromatic nitrogens is 1. The van der Waals surface area contributed by atoms with Gasteiger partial charge in [-0.15, -0.1) is 22.7 Å². The number of halogens is 1. The van der Waals surface area contributed by atoms with Crippen molar-refractivity contribution in [3.05, 3.63) is 51.3 Å². The van der Waals surface area contributed by atoms with Crippen molar-refractivity contribution >= 4 is 50.2 Å². The number of carbonyl (C=O) groups excluding carboxylic acids is 1. The Kier molecular flexibility index (Phi) is 5.09. The zero-order chi connectivity index (χ0) is 16.2. The molecule has 0 saturated carbocycles. The quantitative estimate of drug-likeness (QED) is 0.624. The number of rotatable bonds is 5. The van der Waals surface area contributed by atoms with E-state index in [2.05, 4.69) is 26.2 Å². The Balaban J connectivity index is 1.81. The van der Waals surface area contributed by atoms with Gasteiger partial charge in [0, 0.05) is 4.47 Å². The number of carbonyl (C=O) groups is 1. The molecule has 7 heteroatoms. The first-order valence-electron chi connectivity index (χ1n) is 6.90. The van der Waals surface area contributed by atoms with Crippen molar-refractivity contribution in [2.45, 2.75) is 6.92 Å². The van der Waals surface area contributed by atoms with E-state index in [1.54, 1.807) is 17.5 Å². The average Bonchev–Trinajstić information content (AvgIpc) is 3.20. The van der Waals surface area contributed by atoms with Gasteiger partial charge < -0.3 is 10.1 Å². The largest absolute Gasteiger partial charge is 0.492 e. The van der Waals surface area contributed by atoms with E-state index in [0.717, 1.165) is 14.4 Å². The number of benzene rings is 1. The standard InChI is InChI=1S/C16H13BrN2O2S2/c1-2-21-12-6-5-10(17)8-11(12)19-15(20)14-9-18-16(23-14)13-4-3-7-22-13/h3-9H,2H2,1H3,(H,19,20). The number of ether oxygens (including phenoxy) is 1. The number of thiazole rings is 1. The number of hydrogen-bond acceptors (Lipinski definition) is 5. The van der Waals surface area contributed by atoms with Crippen molar-refractivity contribution in [3.8, 4) is 15.6 Å². The van der Waals surface area contributed by atoms with Gasteiger partial charge in [-0.05, 0) is 36.6 Å². The summed E-state index contributed by atoms with van der Waals surface area (Å²) in [5, 5.41) is 5.73. The zero-order valence-electron chi connectivity index (χ0n) is 12.2. The van der Waals surface area contributed by atoms with E-state index in [0.29, 0.717) is 22.9 Å². The highest BCUT2D eigenvalue weighted by atomic mass is 79.9. The molecule has 0 fully saturated rings. The molecule has 23 heavy (non-hydrogen) atoms. The molecule has 0 radical (unpaired) electrons. The topological polar surface area (TPSA) is 51.2 Å². The lowest BCUT2D eigenvalue weighted by molar-refractivity contribution is 0.103. The number of amides is 1. The van der Waals surface area contributed by atoms with E-state index in [1.807, 2.05) is 42.6 Å². The van der Waals surface area contributed by atoms with Gasteiger partial charge in [-0.25, -0.2) is 4.98 Å². The zero-order valence-corrected chi connectivity index (χ0v) is 15.4. The Labute approximate surface area is 150 Å². The summed E-state index contributed by atoms with van der Waals surface area (Å²) in [5.74, 6) is 0.455. The lowest BCUT2D eigenvalue weighted by Crippen LogP contribution is -2.11. The summed E-state index contributed by atoms with van der Waals surface area (Å²) in [5.41, 5.74) is 0.636. The molecular weight excluding hydrogens is 396 g/mol. The molecule has 2 heterocycles. The van der Waals surface area contributed by atoms with E-state index in [-0.39, 0.29) is 5.91 Å². The van der Waals surface area contributed by atoms with Gasteiger partial charge >= 0.3 is 0 Å². The van der Waals surface area contributed by atoms with Gasteiger partial charge in [-0.1, -0.05) is 22.0 Å². The van der Waals surface area contributed by atoms with Gasteiger partial charge in [-0.3, -0.25) is 4.79 Å². The molecule has 0 aliphatic rings. The molecular formula is C16H13BrN2O2S2. The van der Waals surface area contributed by atoms with Crippen LogP contribution < -0.4 is 10.1 Å². The first-order chi connectivity index (χ1) is 11.2. The fourth-order valence-electron chi connectivity index (χ4n) is 1.96. The Bertz CT molecular complexity index is 815. The normalized spacial score (nSPS) is 10.5. The molecule has 0 saturated heterocycles. The van der Waals surface area contributed by atoms with Crippen LogP contribution in [0, 0.1) is 0 Å². The number of anilines is 1. The monoisotopic (exact) mass is 408 g/mol. The molecule has 0 spiro atoms. The highest BCUT2D eigenvalue weighted by Crippen LogP contribution is 2.31. The van der Waals surface area contributed by atoms with Crippen LogP contribution in [0.15, 0.2) is 46.4 Å². The third-order valence-corrected chi connectivity index (χ3v) is 5.48. The minimum atomic E-state index is -0.190. The van der Waals surface area contributed by atoms with Crippen LogP contribution in [0.5, 0.6) is 5.75 Å². The van der Waals surface area contributed by atoms with E-state index >= 15 is 0 Å². The van der Waals surface area contributed by atoms with Crippen molar-refractivity contribution in [2.24, 2.45) is 0 Å². The van der Waals surface area contributed by atoms with Crippen molar-refractivity contribution in [3.63, 3.8) is 0 Å². The highest BCUT2D eigenvalue weighted by Gasteiger charge is 2.14. The van der Waals surface area contributed by atoms with Gasteiger partial charge in [0.15, 0.2) is 0 Å². The first kappa shape index (κ1) is 16.2. The van der Waals surface area contributed by atoms with Crippen LogP contribution in [0.2, 0.25) is 0 Å². The molecule has 3 rings (SSSR count). The third kappa shape index (κ3) is 3.80. The smallest absolute Gasteiger partial charge is 0.267 e. The molecule has 0 unspecified atom stereocenters. The second kappa shape index (κ2) is 7.25. The summed E-state index contributed by atoms with van der Waals surface area (Å²) in [6, 6.07) is 9.49. The Morgan fingerprint density at radius 1 is 1.39 bits per heavy atom. The minimum Gasteiger partial charge on any atom is -0.492 e. The lowest BCUT2D eigenvalue weighted by atomic mass is 10.3. The maximum absolute atomic E-state index is 12.5. The molecule has 0 bridgehead atoms. The molecule has 1 aromatic carbocycles. The number of nitrogens with one attached hydrogen (secondary N) is 1. The highest BCUT2D eigenvalue weighted by molar-refractivity contribution is 9.10. The molecule has 4 nitrogen and oxygen atoms in total. The van der Waals surface area contributed by atoms with Crippen molar-refractivity contribution in [1.29, 1.82) is 0 Å². The number of thiophene rings is 1. The van der Waals surface area contributed by atoms with E-state index < -0.39 is 0 Å². The molecule has 1 N–H and O–H groups in total. The summed E-state index contributed by atoms with van der Waals surface area (Å²) in [6.07, 6.45) is 1.60. The van der Waals surface area contributed by atoms with Gasteiger partial charge in [-0.2, -0.15) is 0 Å². The molecule has 0 aliphatic heterocycles. The van der Waals surface area contributed by atoms with E-state index in [9.17, 15) is 4.79 Å². The number of nitrogens with zero attached hydrogens (tertiary/aromatic N) is 1. The van der Waals surface area contributed by atoms with Gasteiger partial charge in [0.25, 0.3) is 5.91 Å². The fraction of sp³-hybridized carbons (Fsp3) is 0.125. The molecule has 0 aliphatic carbocycles. The average molecular weight is 409 g/mol. The maximum Gasteiger partial charge on any atom is 0.267 e. The summed E-state index contributed by atoms with van der Waals surface area (Å²) < 4.78 is 6.42. The Hall–Kier alpha value is -1.70. The van der Waals surface area contributed by atoms with E-state index in [1.165, 1.54) is 11.3 Å². The van der Waals surface area contributed by atoms with E-state index in [4.69, 9.17) is 4.74 Å². The SMILES string of the molecule is CCOc1ccc(Br)cc1NC(=O)c1cnc(-c2cccs2)s1. The second-order valence-corrected chi connectivity index (χ2v) is 7.43. The van der Waals surface area contributed by atoms with Crippen LogP contribution in [0.3, 0.4) is 0 Å². The minimum absolute atomic E-state index is 0.190. The van der Waals surface area contributed by atoms with Crippen LogP contribution in [-0.4, -0.2) is 17.5 Å². The van der Waals surface area contributed by atoms with Crippen molar-refractivity contribution < 1.29 is 9.53 Å².